The van der Waals surface area contributed by atoms with E-state index in [-0.39, 0.29) is 24.0 Å². The summed E-state index contributed by atoms with van der Waals surface area (Å²) in [6.45, 7) is 7.37. The number of aliphatic imine (C=N–C) groups is 1. The van der Waals surface area contributed by atoms with E-state index < -0.39 is 0 Å². The highest BCUT2D eigenvalue weighted by Crippen LogP contribution is 2.27. The number of halogens is 1. The molecule has 0 aliphatic heterocycles. The van der Waals surface area contributed by atoms with E-state index in [2.05, 4.69) is 40.4 Å². The minimum Gasteiger partial charge on any atom is -0.496 e. The molecule has 1 saturated carbocycles. The number of rotatable bonds is 9. The predicted molar refractivity (Wildman–Crippen MR) is 116 cm³/mol. The molecule has 6 heteroatoms. The number of methoxy groups -OCH3 is 1. The SMILES string of the molecule is CN=C(NCCc1ccccc1OC)NCCN(C(C)C)C1CC1.I. The number of hydrogen-bond donors (Lipinski definition) is 2. The largest absolute Gasteiger partial charge is 0.496 e. The summed E-state index contributed by atoms with van der Waals surface area (Å²) in [4.78, 5) is 6.89. The Hall–Kier alpha value is -1.02. The second-order valence-electron chi connectivity index (χ2n) is 6.55. The molecule has 1 fully saturated rings. The molecule has 1 aliphatic carbocycles. The smallest absolute Gasteiger partial charge is 0.191 e. The van der Waals surface area contributed by atoms with E-state index in [4.69, 9.17) is 4.74 Å². The zero-order valence-electron chi connectivity index (χ0n) is 15.9. The molecular weight excluding hydrogens is 427 g/mol. The van der Waals surface area contributed by atoms with Crippen LogP contribution < -0.4 is 15.4 Å². The van der Waals surface area contributed by atoms with Gasteiger partial charge in [-0.3, -0.25) is 9.89 Å². The van der Waals surface area contributed by atoms with Gasteiger partial charge in [0.2, 0.25) is 0 Å². The van der Waals surface area contributed by atoms with Crippen molar-refractivity contribution in [3.05, 3.63) is 29.8 Å². The lowest BCUT2D eigenvalue weighted by Crippen LogP contribution is -2.44. The van der Waals surface area contributed by atoms with Gasteiger partial charge in [-0.1, -0.05) is 18.2 Å². The van der Waals surface area contributed by atoms with Crippen LogP contribution in [0.25, 0.3) is 0 Å². The van der Waals surface area contributed by atoms with Crippen LogP contribution in [0, 0.1) is 0 Å². The third kappa shape index (κ3) is 7.40. The van der Waals surface area contributed by atoms with Gasteiger partial charge in [0.25, 0.3) is 0 Å². The highest BCUT2D eigenvalue weighted by Gasteiger charge is 2.30. The van der Waals surface area contributed by atoms with Gasteiger partial charge in [-0.15, -0.1) is 24.0 Å². The van der Waals surface area contributed by atoms with Crippen molar-refractivity contribution in [1.82, 2.24) is 15.5 Å². The molecule has 142 valence electrons. The molecule has 1 aromatic rings. The third-order valence-electron chi connectivity index (χ3n) is 4.44. The van der Waals surface area contributed by atoms with Crippen molar-refractivity contribution >= 4 is 29.9 Å². The number of nitrogens with zero attached hydrogens (tertiary/aromatic N) is 2. The number of guanidine groups is 1. The molecule has 1 aliphatic rings. The van der Waals surface area contributed by atoms with Crippen molar-refractivity contribution < 1.29 is 4.74 Å². The number of nitrogens with one attached hydrogen (secondary N) is 2. The summed E-state index contributed by atoms with van der Waals surface area (Å²) in [5, 5.41) is 6.80. The van der Waals surface area contributed by atoms with Crippen LogP contribution >= 0.6 is 24.0 Å². The van der Waals surface area contributed by atoms with Crippen molar-refractivity contribution in [3.8, 4) is 5.75 Å². The summed E-state index contributed by atoms with van der Waals surface area (Å²) >= 11 is 0. The highest BCUT2D eigenvalue weighted by atomic mass is 127. The van der Waals surface area contributed by atoms with Gasteiger partial charge in [-0.25, -0.2) is 0 Å². The third-order valence-corrected chi connectivity index (χ3v) is 4.44. The highest BCUT2D eigenvalue weighted by molar-refractivity contribution is 14.0. The quantitative estimate of drug-likeness (QED) is 0.338. The average molecular weight is 460 g/mol. The molecule has 25 heavy (non-hydrogen) atoms. The van der Waals surface area contributed by atoms with Crippen LogP contribution in [0.15, 0.2) is 29.3 Å². The normalized spacial score (nSPS) is 14.4. The molecule has 0 bridgehead atoms. The molecule has 0 spiro atoms. The molecule has 1 aromatic carbocycles. The molecule has 0 amide bonds. The first-order chi connectivity index (χ1) is 11.7. The van der Waals surface area contributed by atoms with Gasteiger partial charge < -0.3 is 15.4 Å². The minimum atomic E-state index is 0. The van der Waals surface area contributed by atoms with Crippen LogP contribution in [0.3, 0.4) is 0 Å². The molecule has 0 atom stereocenters. The lowest BCUT2D eigenvalue weighted by atomic mass is 10.1. The van der Waals surface area contributed by atoms with E-state index in [1.54, 1.807) is 7.11 Å². The number of ether oxygens (including phenoxy) is 1. The van der Waals surface area contributed by atoms with E-state index in [0.717, 1.165) is 43.8 Å². The monoisotopic (exact) mass is 460 g/mol. The summed E-state index contributed by atoms with van der Waals surface area (Å²) in [5.74, 6) is 1.81. The van der Waals surface area contributed by atoms with Gasteiger partial charge in [-0.2, -0.15) is 0 Å². The molecule has 5 nitrogen and oxygen atoms in total. The van der Waals surface area contributed by atoms with E-state index in [0.29, 0.717) is 6.04 Å². The maximum absolute atomic E-state index is 5.39. The average Bonchev–Trinajstić information content (AvgIpc) is 3.41. The van der Waals surface area contributed by atoms with E-state index in [9.17, 15) is 0 Å². The Balaban J connectivity index is 0.00000312. The van der Waals surface area contributed by atoms with Crippen molar-refractivity contribution in [3.63, 3.8) is 0 Å². The fourth-order valence-corrected chi connectivity index (χ4v) is 3.02. The van der Waals surface area contributed by atoms with Crippen molar-refractivity contribution in [1.29, 1.82) is 0 Å². The Morgan fingerprint density at radius 1 is 1.24 bits per heavy atom. The second-order valence-corrected chi connectivity index (χ2v) is 6.55. The number of benzene rings is 1. The molecule has 0 unspecified atom stereocenters. The molecule has 0 heterocycles. The second kappa shape index (κ2) is 11.6. The molecule has 2 N–H and O–H groups in total. The van der Waals surface area contributed by atoms with Crippen LogP contribution in [-0.2, 0) is 6.42 Å². The minimum absolute atomic E-state index is 0. The van der Waals surface area contributed by atoms with Gasteiger partial charge >= 0.3 is 0 Å². The van der Waals surface area contributed by atoms with Gasteiger partial charge in [0.05, 0.1) is 7.11 Å². The summed E-state index contributed by atoms with van der Waals surface area (Å²) in [5.41, 5.74) is 1.21. The van der Waals surface area contributed by atoms with Gasteiger partial charge in [0, 0.05) is 38.8 Å². The zero-order valence-corrected chi connectivity index (χ0v) is 18.2. The van der Waals surface area contributed by atoms with Crippen LogP contribution in [0.1, 0.15) is 32.3 Å². The molecule has 2 rings (SSSR count). The maximum atomic E-state index is 5.39. The molecular formula is C19H33IN4O. The Morgan fingerprint density at radius 2 is 1.92 bits per heavy atom. The van der Waals surface area contributed by atoms with Crippen molar-refractivity contribution in [2.24, 2.45) is 4.99 Å². The topological polar surface area (TPSA) is 48.9 Å². The van der Waals surface area contributed by atoms with Crippen LogP contribution in [0.2, 0.25) is 0 Å². The Bertz CT molecular complexity index is 530. The fourth-order valence-electron chi connectivity index (χ4n) is 3.02. The Morgan fingerprint density at radius 3 is 2.52 bits per heavy atom. The van der Waals surface area contributed by atoms with Crippen LogP contribution in [0.5, 0.6) is 5.75 Å². The van der Waals surface area contributed by atoms with Crippen molar-refractivity contribution in [2.45, 2.75) is 45.2 Å². The van der Waals surface area contributed by atoms with E-state index in [1.165, 1.54) is 18.4 Å². The van der Waals surface area contributed by atoms with E-state index >= 15 is 0 Å². The number of hydrogen-bond acceptors (Lipinski definition) is 3. The van der Waals surface area contributed by atoms with Crippen LogP contribution in [-0.4, -0.2) is 56.7 Å². The lowest BCUT2D eigenvalue weighted by Gasteiger charge is -2.26. The zero-order chi connectivity index (χ0) is 17.4. The predicted octanol–water partition coefficient (Wildman–Crippen LogP) is 2.89. The fraction of sp³-hybridized carbons (Fsp3) is 0.632. The molecule has 0 radical (unpaired) electrons. The standard InChI is InChI=1S/C19H32N4O.HI/c1-15(2)23(17-9-10-17)14-13-22-19(20-3)21-12-11-16-7-5-6-8-18(16)24-4;/h5-8,15,17H,9-14H2,1-4H3,(H2,20,21,22);1H. The first kappa shape index (κ1) is 22.0. The van der Waals surface area contributed by atoms with Gasteiger partial charge in [0.1, 0.15) is 5.75 Å². The summed E-state index contributed by atoms with van der Waals surface area (Å²) in [6, 6.07) is 9.56. The Labute approximate surface area is 169 Å². The van der Waals surface area contributed by atoms with Crippen LogP contribution in [0.4, 0.5) is 0 Å². The maximum Gasteiger partial charge on any atom is 0.191 e. The van der Waals surface area contributed by atoms with Gasteiger partial charge in [-0.05, 0) is 44.7 Å². The van der Waals surface area contributed by atoms with E-state index in [1.807, 2.05) is 25.2 Å². The summed E-state index contributed by atoms with van der Waals surface area (Å²) < 4.78 is 5.39. The van der Waals surface area contributed by atoms with Gasteiger partial charge in [0.15, 0.2) is 5.96 Å². The summed E-state index contributed by atoms with van der Waals surface area (Å²) in [7, 11) is 3.53. The lowest BCUT2D eigenvalue weighted by molar-refractivity contribution is 0.215. The summed E-state index contributed by atoms with van der Waals surface area (Å²) in [6.07, 6.45) is 3.61. The first-order valence-electron chi connectivity index (χ1n) is 8.98. The molecule has 0 saturated heterocycles. The Kier molecular flexibility index (Phi) is 10.2. The first-order valence-corrected chi connectivity index (χ1v) is 8.98. The number of para-hydroxylation sites is 1. The molecule has 0 aromatic heterocycles. The van der Waals surface area contributed by atoms with Crippen molar-refractivity contribution in [2.75, 3.05) is 33.8 Å².